The Kier molecular flexibility index (Phi) is 5.77. The molecule has 0 aliphatic carbocycles. The Hall–Kier alpha value is -4.85. The number of carbonyl (C=O) groups excluding carboxylic acids is 5. The molecule has 36 heavy (non-hydrogen) atoms. The van der Waals surface area contributed by atoms with Crippen molar-refractivity contribution in [3.63, 3.8) is 0 Å². The molecule has 2 aliphatic heterocycles. The quantitative estimate of drug-likeness (QED) is 0.354. The van der Waals surface area contributed by atoms with Crippen molar-refractivity contribution >= 4 is 51.1 Å². The Bertz CT molecular complexity index is 1500. The second kappa shape index (κ2) is 9.07. The van der Waals surface area contributed by atoms with E-state index in [-0.39, 0.29) is 25.0 Å². The zero-order valence-electron chi connectivity index (χ0n) is 19.2. The number of amides is 4. The lowest BCUT2D eigenvalue weighted by atomic mass is 10.0. The van der Waals surface area contributed by atoms with Crippen LogP contribution in [0.5, 0.6) is 0 Å². The average Bonchev–Trinajstić information content (AvgIpc) is 3.28. The number of hydrogen-bond acceptors (Lipinski definition) is 6. The number of benzene rings is 4. The summed E-state index contributed by atoms with van der Waals surface area (Å²) in [5, 5.41) is 5.99. The summed E-state index contributed by atoms with van der Waals surface area (Å²) in [6, 6.07) is 22.0. The van der Waals surface area contributed by atoms with E-state index in [0.717, 1.165) is 26.4 Å². The van der Waals surface area contributed by atoms with Crippen molar-refractivity contribution in [3.05, 3.63) is 95.1 Å². The number of ether oxygens (including phenoxy) is 1. The molecular formula is C28H20N2O6. The zero-order valence-corrected chi connectivity index (χ0v) is 19.2. The van der Waals surface area contributed by atoms with Crippen LogP contribution in [0.3, 0.4) is 0 Å². The number of rotatable bonds is 3. The Morgan fingerprint density at radius 1 is 0.694 bits per heavy atom. The van der Waals surface area contributed by atoms with E-state index in [1.807, 2.05) is 48.5 Å². The lowest BCUT2D eigenvalue weighted by Crippen LogP contribution is -2.35. The Morgan fingerprint density at radius 2 is 1.08 bits per heavy atom. The summed E-state index contributed by atoms with van der Waals surface area (Å²) in [6.07, 6.45) is 0. The zero-order chi connectivity index (χ0) is 25.4. The van der Waals surface area contributed by atoms with E-state index in [1.165, 1.54) is 0 Å². The first-order chi connectivity index (χ1) is 17.4. The molecule has 0 aromatic heterocycles. The summed E-state index contributed by atoms with van der Waals surface area (Å²) in [7, 11) is 0. The van der Waals surface area contributed by atoms with Crippen LogP contribution in [-0.2, 0) is 9.53 Å². The van der Waals surface area contributed by atoms with Crippen molar-refractivity contribution in [2.24, 2.45) is 0 Å². The molecule has 0 saturated carbocycles. The number of esters is 1. The van der Waals surface area contributed by atoms with Crippen LogP contribution in [0.4, 0.5) is 0 Å². The second-order valence-electron chi connectivity index (χ2n) is 8.27. The van der Waals surface area contributed by atoms with E-state index in [4.69, 9.17) is 4.74 Å². The Balaban J connectivity index is 0.000000156. The van der Waals surface area contributed by atoms with Crippen molar-refractivity contribution in [3.8, 4) is 0 Å². The smallest absolute Gasteiger partial charge is 0.326 e. The first-order valence-electron chi connectivity index (χ1n) is 11.3. The number of carbonyl (C=O) groups is 5. The third kappa shape index (κ3) is 3.98. The van der Waals surface area contributed by atoms with Crippen LogP contribution in [0, 0.1) is 0 Å². The molecule has 2 aliphatic rings. The standard InChI is InChI=1S/C16H13NO4.C12H7NO2/c1-2-21-14(18)9-17-15(19)12-7-10-5-3-4-6-11(10)8-13(12)16(17)20;14-11-9-5-7-3-1-2-4-8(7)6-10(9)12(15)13-11/h3-8H,2,9H2,1H3;1-6H,(H,13,14,15). The van der Waals surface area contributed by atoms with Gasteiger partial charge in [0.1, 0.15) is 6.54 Å². The van der Waals surface area contributed by atoms with Gasteiger partial charge in [-0.25, -0.2) is 0 Å². The van der Waals surface area contributed by atoms with E-state index < -0.39 is 17.8 Å². The largest absolute Gasteiger partial charge is 0.465 e. The van der Waals surface area contributed by atoms with Crippen molar-refractivity contribution < 1.29 is 28.7 Å². The minimum absolute atomic E-state index is 0.214. The van der Waals surface area contributed by atoms with Crippen LogP contribution >= 0.6 is 0 Å². The van der Waals surface area contributed by atoms with Crippen molar-refractivity contribution in [2.75, 3.05) is 13.2 Å². The second-order valence-corrected chi connectivity index (χ2v) is 8.27. The molecule has 4 aromatic rings. The summed E-state index contributed by atoms with van der Waals surface area (Å²) >= 11 is 0. The van der Waals surface area contributed by atoms with Gasteiger partial charge in [-0.1, -0.05) is 48.5 Å². The molecule has 0 spiro atoms. The minimum Gasteiger partial charge on any atom is -0.465 e. The van der Waals surface area contributed by atoms with E-state index in [9.17, 15) is 24.0 Å². The van der Waals surface area contributed by atoms with Gasteiger partial charge in [0, 0.05) is 0 Å². The number of nitrogens with zero attached hydrogens (tertiary/aromatic N) is 1. The van der Waals surface area contributed by atoms with Crippen LogP contribution in [0.25, 0.3) is 21.5 Å². The van der Waals surface area contributed by atoms with E-state index in [1.54, 1.807) is 31.2 Å². The summed E-state index contributed by atoms with van der Waals surface area (Å²) < 4.78 is 4.79. The third-order valence-electron chi connectivity index (χ3n) is 6.03. The average molecular weight is 480 g/mol. The molecule has 2 heterocycles. The summed E-state index contributed by atoms with van der Waals surface area (Å²) in [4.78, 5) is 59.8. The first kappa shape index (κ1) is 22.9. The van der Waals surface area contributed by atoms with Crippen molar-refractivity contribution in [1.82, 2.24) is 10.2 Å². The number of fused-ring (bicyclic) bond motifs is 4. The molecule has 6 rings (SSSR count). The predicted octanol–water partition coefficient (Wildman–Crippen LogP) is 3.72. The highest BCUT2D eigenvalue weighted by molar-refractivity contribution is 6.24. The van der Waals surface area contributed by atoms with Gasteiger partial charge in [-0.15, -0.1) is 0 Å². The molecule has 0 saturated heterocycles. The molecule has 0 unspecified atom stereocenters. The van der Waals surface area contributed by atoms with Gasteiger partial charge in [-0.05, 0) is 52.7 Å². The van der Waals surface area contributed by atoms with Gasteiger partial charge < -0.3 is 4.74 Å². The van der Waals surface area contributed by atoms with Gasteiger partial charge in [-0.2, -0.15) is 0 Å². The van der Waals surface area contributed by atoms with E-state index in [0.29, 0.717) is 22.3 Å². The SMILES string of the molecule is CCOC(=O)CN1C(=O)c2cc3ccccc3cc2C1=O.O=C1NC(=O)c2cc3ccccc3cc21. The molecule has 4 aromatic carbocycles. The molecule has 8 heteroatoms. The highest BCUT2D eigenvalue weighted by Gasteiger charge is 2.37. The summed E-state index contributed by atoms with van der Waals surface area (Å²) in [6.45, 7) is 1.54. The van der Waals surface area contributed by atoms with E-state index >= 15 is 0 Å². The fraction of sp³-hybridized carbons (Fsp3) is 0.107. The predicted molar refractivity (Wildman–Crippen MR) is 132 cm³/mol. The van der Waals surface area contributed by atoms with Gasteiger partial charge in [-0.3, -0.25) is 34.2 Å². The molecular weight excluding hydrogens is 460 g/mol. The lowest BCUT2D eigenvalue weighted by molar-refractivity contribution is -0.143. The fourth-order valence-corrected chi connectivity index (χ4v) is 4.31. The number of imide groups is 2. The molecule has 4 amide bonds. The summed E-state index contributed by atoms with van der Waals surface area (Å²) in [5.41, 5.74) is 1.61. The number of hydrogen-bond donors (Lipinski definition) is 1. The molecule has 178 valence electrons. The fourth-order valence-electron chi connectivity index (χ4n) is 4.31. The first-order valence-corrected chi connectivity index (χ1v) is 11.3. The molecule has 0 atom stereocenters. The Labute approximate surface area is 205 Å². The Morgan fingerprint density at radius 3 is 1.47 bits per heavy atom. The van der Waals surface area contributed by atoms with Crippen molar-refractivity contribution in [1.29, 1.82) is 0 Å². The van der Waals surface area contributed by atoms with Crippen LogP contribution in [-0.4, -0.2) is 47.6 Å². The topological polar surface area (TPSA) is 110 Å². The normalized spacial score (nSPS) is 13.9. The minimum atomic E-state index is -0.587. The van der Waals surface area contributed by atoms with Gasteiger partial charge >= 0.3 is 5.97 Å². The maximum Gasteiger partial charge on any atom is 0.326 e. The third-order valence-corrected chi connectivity index (χ3v) is 6.03. The molecule has 0 bridgehead atoms. The maximum absolute atomic E-state index is 12.3. The summed E-state index contributed by atoms with van der Waals surface area (Å²) in [5.74, 6) is -2.10. The van der Waals surface area contributed by atoms with Crippen LogP contribution in [0.1, 0.15) is 48.4 Å². The van der Waals surface area contributed by atoms with E-state index in [2.05, 4.69) is 5.32 Å². The van der Waals surface area contributed by atoms with Crippen molar-refractivity contribution in [2.45, 2.75) is 6.92 Å². The lowest BCUT2D eigenvalue weighted by Gasteiger charge is -2.12. The monoisotopic (exact) mass is 480 g/mol. The van der Waals surface area contributed by atoms with Gasteiger partial charge in [0.15, 0.2) is 0 Å². The van der Waals surface area contributed by atoms with Gasteiger partial charge in [0.2, 0.25) is 0 Å². The maximum atomic E-state index is 12.3. The van der Waals surface area contributed by atoms with Crippen LogP contribution in [0.15, 0.2) is 72.8 Å². The highest BCUT2D eigenvalue weighted by Crippen LogP contribution is 2.28. The van der Waals surface area contributed by atoms with Gasteiger partial charge in [0.25, 0.3) is 23.6 Å². The van der Waals surface area contributed by atoms with Gasteiger partial charge in [0.05, 0.1) is 28.9 Å². The van der Waals surface area contributed by atoms with Crippen LogP contribution in [0.2, 0.25) is 0 Å². The van der Waals surface area contributed by atoms with Crippen LogP contribution < -0.4 is 5.32 Å². The molecule has 1 N–H and O–H groups in total. The molecule has 0 radical (unpaired) electrons. The molecule has 8 nitrogen and oxygen atoms in total. The number of nitrogens with one attached hydrogen (secondary N) is 1. The highest BCUT2D eigenvalue weighted by atomic mass is 16.5. The molecule has 0 fully saturated rings.